The smallest absolute Gasteiger partial charge is 0.261 e. The summed E-state index contributed by atoms with van der Waals surface area (Å²) < 4.78 is 0. The number of carbonyl (C=O) groups excluding carboxylic acids is 3. The summed E-state index contributed by atoms with van der Waals surface area (Å²) >= 11 is 0. The van der Waals surface area contributed by atoms with Crippen molar-refractivity contribution in [2.75, 3.05) is 19.6 Å². The van der Waals surface area contributed by atoms with Crippen molar-refractivity contribution in [2.24, 2.45) is 0 Å². The van der Waals surface area contributed by atoms with E-state index in [0.717, 1.165) is 25.9 Å². The van der Waals surface area contributed by atoms with Gasteiger partial charge in [-0.2, -0.15) is 0 Å². The van der Waals surface area contributed by atoms with Crippen LogP contribution in [-0.2, 0) is 4.79 Å². The molecule has 0 saturated carbocycles. The Bertz CT molecular complexity index is 588. The first-order valence-electron chi connectivity index (χ1n) is 8.12. The van der Waals surface area contributed by atoms with E-state index in [9.17, 15) is 14.4 Å². The van der Waals surface area contributed by atoms with Crippen LogP contribution in [-0.4, -0.2) is 48.3 Å². The van der Waals surface area contributed by atoms with E-state index in [1.807, 2.05) is 0 Å². The summed E-state index contributed by atoms with van der Waals surface area (Å²) in [6.45, 7) is 2.10. The van der Waals surface area contributed by atoms with E-state index >= 15 is 0 Å². The third-order valence-electron chi connectivity index (χ3n) is 4.33. The van der Waals surface area contributed by atoms with Crippen LogP contribution >= 0.6 is 0 Å². The summed E-state index contributed by atoms with van der Waals surface area (Å²) in [5.74, 6) is -0.541. The van der Waals surface area contributed by atoms with E-state index in [1.165, 1.54) is 4.90 Å². The second kappa shape index (κ2) is 6.91. The van der Waals surface area contributed by atoms with Crippen LogP contribution in [0, 0.1) is 0 Å². The van der Waals surface area contributed by atoms with Crippen molar-refractivity contribution in [1.82, 2.24) is 15.5 Å². The first-order chi connectivity index (χ1) is 11.2. The molecule has 3 rings (SSSR count). The predicted molar refractivity (Wildman–Crippen MR) is 85.1 cm³/mol. The number of fused-ring (bicyclic) bond motifs is 1. The van der Waals surface area contributed by atoms with Crippen molar-refractivity contribution < 1.29 is 14.4 Å². The second-order valence-electron chi connectivity index (χ2n) is 6.02. The van der Waals surface area contributed by atoms with Gasteiger partial charge in [-0.1, -0.05) is 12.1 Å². The van der Waals surface area contributed by atoms with E-state index in [-0.39, 0.29) is 30.3 Å². The van der Waals surface area contributed by atoms with Gasteiger partial charge >= 0.3 is 0 Å². The minimum Gasteiger partial charge on any atom is -0.352 e. The lowest BCUT2D eigenvalue weighted by molar-refractivity contribution is -0.122. The predicted octanol–water partition coefficient (Wildman–Crippen LogP) is 0.931. The SMILES string of the molecule is O=C(CCCN1C(=O)c2ccccc2C1=O)NC1CCCNC1. The molecule has 2 aliphatic heterocycles. The van der Waals surface area contributed by atoms with E-state index in [4.69, 9.17) is 0 Å². The Balaban J connectivity index is 1.47. The molecule has 1 aromatic carbocycles. The van der Waals surface area contributed by atoms with Crippen LogP contribution in [0.3, 0.4) is 0 Å². The highest BCUT2D eigenvalue weighted by Gasteiger charge is 2.34. The third kappa shape index (κ3) is 3.42. The Morgan fingerprint density at radius 3 is 2.52 bits per heavy atom. The molecule has 6 nitrogen and oxygen atoms in total. The van der Waals surface area contributed by atoms with Gasteiger partial charge in [-0.25, -0.2) is 0 Å². The van der Waals surface area contributed by atoms with Crippen molar-refractivity contribution in [3.05, 3.63) is 35.4 Å². The molecule has 122 valence electrons. The Hall–Kier alpha value is -2.21. The minimum absolute atomic E-state index is 0.0182. The number of nitrogens with one attached hydrogen (secondary N) is 2. The highest BCUT2D eigenvalue weighted by atomic mass is 16.2. The van der Waals surface area contributed by atoms with Crippen molar-refractivity contribution in [2.45, 2.75) is 31.7 Å². The van der Waals surface area contributed by atoms with Gasteiger partial charge in [0.1, 0.15) is 0 Å². The molecule has 1 saturated heterocycles. The Morgan fingerprint density at radius 1 is 1.22 bits per heavy atom. The highest BCUT2D eigenvalue weighted by Crippen LogP contribution is 2.22. The Morgan fingerprint density at radius 2 is 1.91 bits per heavy atom. The van der Waals surface area contributed by atoms with Gasteiger partial charge in [0, 0.05) is 25.6 Å². The molecule has 0 bridgehead atoms. The molecule has 1 atom stereocenters. The largest absolute Gasteiger partial charge is 0.352 e. The average Bonchev–Trinajstić information content (AvgIpc) is 2.81. The molecular weight excluding hydrogens is 294 g/mol. The number of imide groups is 1. The average molecular weight is 315 g/mol. The van der Waals surface area contributed by atoms with Crippen LogP contribution in [0.5, 0.6) is 0 Å². The molecule has 0 aromatic heterocycles. The number of amides is 3. The van der Waals surface area contributed by atoms with Gasteiger partial charge in [0.05, 0.1) is 11.1 Å². The maximum absolute atomic E-state index is 12.2. The van der Waals surface area contributed by atoms with Gasteiger partial charge in [-0.05, 0) is 37.9 Å². The fraction of sp³-hybridized carbons (Fsp3) is 0.471. The van der Waals surface area contributed by atoms with Gasteiger partial charge < -0.3 is 10.6 Å². The van der Waals surface area contributed by atoms with Gasteiger partial charge in [0.2, 0.25) is 5.91 Å². The van der Waals surface area contributed by atoms with E-state index in [2.05, 4.69) is 10.6 Å². The van der Waals surface area contributed by atoms with Crippen LogP contribution < -0.4 is 10.6 Å². The van der Waals surface area contributed by atoms with E-state index in [0.29, 0.717) is 24.0 Å². The quantitative estimate of drug-likeness (QED) is 0.793. The Kier molecular flexibility index (Phi) is 4.71. The summed E-state index contributed by atoms with van der Waals surface area (Å²) in [4.78, 5) is 37.6. The lowest BCUT2D eigenvalue weighted by atomic mass is 10.1. The number of piperidine rings is 1. The lowest BCUT2D eigenvalue weighted by Crippen LogP contribution is -2.45. The standard InChI is InChI=1S/C17H21N3O3/c21-15(19-12-5-3-9-18-11-12)8-4-10-20-16(22)13-6-1-2-7-14(13)17(20)23/h1-2,6-7,12,18H,3-5,8-11H2,(H,19,21). The summed E-state index contributed by atoms with van der Waals surface area (Å²) in [5.41, 5.74) is 0.908. The zero-order valence-electron chi connectivity index (χ0n) is 13.0. The number of carbonyl (C=O) groups is 3. The van der Waals surface area contributed by atoms with Crippen molar-refractivity contribution >= 4 is 17.7 Å². The molecule has 0 aliphatic carbocycles. The molecular formula is C17H21N3O3. The molecule has 0 spiro atoms. The van der Waals surface area contributed by atoms with Crippen LogP contribution in [0.4, 0.5) is 0 Å². The zero-order valence-corrected chi connectivity index (χ0v) is 13.0. The molecule has 1 fully saturated rings. The lowest BCUT2D eigenvalue weighted by Gasteiger charge is -2.24. The number of hydrogen-bond acceptors (Lipinski definition) is 4. The molecule has 2 N–H and O–H groups in total. The molecule has 3 amide bonds. The Labute approximate surface area is 135 Å². The molecule has 0 radical (unpaired) electrons. The molecule has 1 unspecified atom stereocenters. The van der Waals surface area contributed by atoms with Crippen LogP contribution in [0.15, 0.2) is 24.3 Å². The first kappa shape index (κ1) is 15.7. The fourth-order valence-electron chi connectivity index (χ4n) is 3.11. The zero-order chi connectivity index (χ0) is 16.2. The number of rotatable bonds is 5. The third-order valence-corrected chi connectivity index (χ3v) is 4.33. The maximum atomic E-state index is 12.2. The van der Waals surface area contributed by atoms with Crippen LogP contribution in [0.25, 0.3) is 0 Å². The number of nitrogens with zero attached hydrogens (tertiary/aromatic N) is 1. The second-order valence-corrected chi connectivity index (χ2v) is 6.02. The molecule has 2 heterocycles. The highest BCUT2D eigenvalue weighted by molar-refractivity contribution is 6.21. The summed E-state index contributed by atoms with van der Waals surface area (Å²) in [5, 5.41) is 6.24. The number of hydrogen-bond donors (Lipinski definition) is 2. The minimum atomic E-state index is -0.262. The maximum Gasteiger partial charge on any atom is 0.261 e. The van der Waals surface area contributed by atoms with E-state index in [1.54, 1.807) is 24.3 Å². The van der Waals surface area contributed by atoms with Crippen molar-refractivity contribution in [3.8, 4) is 0 Å². The normalized spacial score (nSPS) is 20.5. The summed E-state index contributed by atoms with van der Waals surface area (Å²) in [7, 11) is 0. The monoisotopic (exact) mass is 315 g/mol. The topological polar surface area (TPSA) is 78.5 Å². The van der Waals surface area contributed by atoms with Crippen molar-refractivity contribution in [3.63, 3.8) is 0 Å². The fourth-order valence-corrected chi connectivity index (χ4v) is 3.11. The van der Waals surface area contributed by atoms with E-state index < -0.39 is 0 Å². The van der Waals surface area contributed by atoms with Gasteiger partial charge in [-0.3, -0.25) is 19.3 Å². The molecule has 23 heavy (non-hydrogen) atoms. The molecule has 1 aromatic rings. The molecule has 2 aliphatic rings. The van der Waals surface area contributed by atoms with Gasteiger partial charge in [0.25, 0.3) is 11.8 Å². The van der Waals surface area contributed by atoms with Gasteiger partial charge in [-0.15, -0.1) is 0 Å². The summed E-state index contributed by atoms with van der Waals surface area (Å²) in [6.07, 6.45) is 2.87. The van der Waals surface area contributed by atoms with Gasteiger partial charge in [0.15, 0.2) is 0 Å². The molecule has 6 heteroatoms. The number of benzene rings is 1. The van der Waals surface area contributed by atoms with Crippen LogP contribution in [0.1, 0.15) is 46.4 Å². The van der Waals surface area contributed by atoms with Crippen molar-refractivity contribution in [1.29, 1.82) is 0 Å². The summed E-state index contributed by atoms with van der Waals surface area (Å²) in [6, 6.07) is 7.02. The van der Waals surface area contributed by atoms with Crippen LogP contribution in [0.2, 0.25) is 0 Å². The first-order valence-corrected chi connectivity index (χ1v) is 8.12.